The Labute approximate surface area is 131 Å². The summed E-state index contributed by atoms with van der Waals surface area (Å²) < 4.78 is 15.3. The fraction of sp³-hybridized carbons (Fsp3) is 0.429. The number of hydrogen-bond acceptors (Lipinski definition) is 2. The molecule has 1 atom stereocenters. The Balaban J connectivity index is 2.02. The Morgan fingerprint density at radius 1 is 1.57 bits per heavy atom. The standard InChI is InChI=1S/C14H14Cl2FN3O/c1-7(15)14-19-11-4-9(16)10(17)5-12(11)20(14)6-13(21)18-8-2-3-8/h4-5,7-8H,2-3,6H2,1H3,(H,18,21). The average molecular weight is 330 g/mol. The second-order valence-electron chi connectivity index (χ2n) is 5.27. The van der Waals surface area contributed by atoms with Gasteiger partial charge in [0.25, 0.3) is 0 Å². The maximum Gasteiger partial charge on any atom is 0.240 e. The Morgan fingerprint density at radius 3 is 2.90 bits per heavy atom. The van der Waals surface area contributed by atoms with Gasteiger partial charge in [0.05, 0.1) is 21.4 Å². The second-order valence-corrected chi connectivity index (χ2v) is 6.33. The molecule has 112 valence electrons. The molecule has 1 amide bonds. The summed E-state index contributed by atoms with van der Waals surface area (Å²) >= 11 is 11.9. The molecule has 0 bridgehead atoms. The number of carbonyl (C=O) groups is 1. The minimum Gasteiger partial charge on any atom is -0.352 e. The molecule has 21 heavy (non-hydrogen) atoms. The van der Waals surface area contributed by atoms with Gasteiger partial charge in [0.1, 0.15) is 18.2 Å². The van der Waals surface area contributed by atoms with Crippen LogP contribution < -0.4 is 5.32 Å². The van der Waals surface area contributed by atoms with E-state index in [1.165, 1.54) is 12.1 Å². The summed E-state index contributed by atoms with van der Waals surface area (Å²) in [7, 11) is 0. The van der Waals surface area contributed by atoms with Crippen molar-refractivity contribution < 1.29 is 9.18 Å². The van der Waals surface area contributed by atoms with Crippen molar-refractivity contribution in [3.05, 3.63) is 28.8 Å². The fourth-order valence-corrected chi connectivity index (χ4v) is 2.58. The lowest BCUT2D eigenvalue weighted by Crippen LogP contribution is -2.29. The van der Waals surface area contributed by atoms with Crippen LogP contribution in [0.2, 0.25) is 5.02 Å². The number of imidazole rings is 1. The smallest absolute Gasteiger partial charge is 0.240 e. The zero-order valence-electron chi connectivity index (χ0n) is 11.4. The van der Waals surface area contributed by atoms with Crippen molar-refractivity contribution in [1.29, 1.82) is 0 Å². The lowest BCUT2D eigenvalue weighted by Gasteiger charge is -2.10. The van der Waals surface area contributed by atoms with Crippen LogP contribution in [0.25, 0.3) is 11.0 Å². The van der Waals surface area contributed by atoms with E-state index in [9.17, 15) is 9.18 Å². The minimum atomic E-state index is -0.540. The van der Waals surface area contributed by atoms with Crippen molar-refractivity contribution in [2.24, 2.45) is 0 Å². The highest BCUT2D eigenvalue weighted by Crippen LogP contribution is 2.28. The summed E-state index contributed by atoms with van der Waals surface area (Å²) in [4.78, 5) is 16.4. The Morgan fingerprint density at radius 2 is 2.29 bits per heavy atom. The molecule has 7 heteroatoms. The SMILES string of the molecule is CC(Cl)c1nc2cc(Cl)c(F)cc2n1CC(=O)NC1CC1. The monoisotopic (exact) mass is 329 g/mol. The number of rotatable bonds is 4. The molecule has 1 heterocycles. The highest BCUT2D eigenvalue weighted by atomic mass is 35.5. The molecule has 3 rings (SSSR count). The van der Waals surface area contributed by atoms with Gasteiger partial charge in [-0.3, -0.25) is 4.79 Å². The van der Waals surface area contributed by atoms with Crippen molar-refractivity contribution in [1.82, 2.24) is 14.9 Å². The van der Waals surface area contributed by atoms with Crippen molar-refractivity contribution in [3.8, 4) is 0 Å². The van der Waals surface area contributed by atoms with Crippen molar-refractivity contribution >= 4 is 40.1 Å². The molecular formula is C14H14Cl2FN3O. The Bertz CT molecular complexity index is 710. The van der Waals surface area contributed by atoms with Gasteiger partial charge < -0.3 is 9.88 Å². The molecule has 2 aromatic rings. The van der Waals surface area contributed by atoms with Gasteiger partial charge in [0.15, 0.2) is 0 Å². The van der Waals surface area contributed by atoms with E-state index in [1.807, 2.05) is 0 Å². The summed E-state index contributed by atoms with van der Waals surface area (Å²) in [6.45, 7) is 1.83. The van der Waals surface area contributed by atoms with Gasteiger partial charge in [0, 0.05) is 12.1 Å². The van der Waals surface area contributed by atoms with E-state index in [1.54, 1.807) is 11.5 Å². The van der Waals surface area contributed by atoms with Crippen LogP contribution in [0.4, 0.5) is 4.39 Å². The van der Waals surface area contributed by atoms with Crippen LogP contribution >= 0.6 is 23.2 Å². The third-order valence-corrected chi connectivity index (χ3v) is 3.90. The van der Waals surface area contributed by atoms with Crippen LogP contribution in [0.5, 0.6) is 0 Å². The number of halogens is 3. The quantitative estimate of drug-likeness (QED) is 0.874. The highest BCUT2D eigenvalue weighted by Gasteiger charge is 2.25. The molecule has 4 nitrogen and oxygen atoms in total. The van der Waals surface area contributed by atoms with Gasteiger partial charge in [0.2, 0.25) is 5.91 Å². The molecule has 1 saturated carbocycles. The molecule has 1 aliphatic rings. The van der Waals surface area contributed by atoms with E-state index in [2.05, 4.69) is 10.3 Å². The summed E-state index contributed by atoms with van der Waals surface area (Å²) in [5.41, 5.74) is 1.05. The largest absolute Gasteiger partial charge is 0.352 e. The summed E-state index contributed by atoms with van der Waals surface area (Å²) in [6.07, 6.45) is 2.03. The third kappa shape index (κ3) is 2.99. The number of aromatic nitrogens is 2. The first-order chi connectivity index (χ1) is 9.95. The molecule has 0 aliphatic heterocycles. The Hall–Kier alpha value is -1.33. The van der Waals surface area contributed by atoms with Gasteiger partial charge >= 0.3 is 0 Å². The summed E-state index contributed by atoms with van der Waals surface area (Å²) in [5, 5.41) is 2.51. The molecule has 1 fully saturated rings. The fourth-order valence-electron chi connectivity index (χ4n) is 2.25. The normalized spacial score (nSPS) is 16.2. The molecule has 1 N–H and O–H groups in total. The van der Waals surface area contributed by atoms with E-state index < -0.39 is 11.2 Å². The predicted molar refractivity (Wildman–Crippen MR) is 80.1 cm³/mol. The van der Waals surface area contributed by atoms with Gasteiger partial charge in [-0.2, -0.15) is 0 Å². The first-order valence-corrected chi connectivity index (χ1v) is 7.55. The van der Waals surface area contributed by atoms with Crippen LogP contribution in [0.15, 0.2) is 12.1 Å². The minimum absolute atomic E-state index is 0.00311. The van der Waals surface area contributed by atoms with Crippen molar-refractivity contribution in [2.45, 2.75) is 37.7 Å². The molecule has 1 aromatic heterocycles. The van der Waals surface area contributed by atoms with E-state index in [0.717, 1.165) is 12.8 Å². The molecule has 1 aromatic carbocycles. The summed E-state index contributed by atoms with van der Waals surface area (Å²) in [6, 6.07) is 3.01. The van der Waals surface area contributed by atoms with Gasteiger partial charge in [-0.15, -0.1) is 11.6 Å². The maximum atomic E-state index is 13.7. The van der Waals surface area contributed by atoms with Crippen LogP contribution in [0.1, 0.15) is 31.0 Å². The summed E-state index contributed by atoms with van der Waals surface area (Å²) in [5.74, 6) is -0.133. The highest BCUT2D eigenvalue weighted by molar-refractivity contribution is 6.31. The van der Waals surface area contributed by atoms with E-state index in [-0.39, 0.29) is 23.5 Å². The van der Waals surface area contributed by atoms with E-state index >= 15 is 0 Å². The van der Waals surface area contributed by atoms with Crippen LogP contribution in [0, 0.1) is 5.82 Å². The maximum absolute atomic E-state index is 13.7. The topological polar surface area (TPSA) is 46.9 Å². The molecule has 0 spiro atoms. The van der Waals surface area contributed by atoms with Crippen LogP contribution in [-0.2, 0) is 11.3 Å². The number of nitrogens with zero attached hydrogens (tertiary/aromatic N) is 2. The van der Waals surface area contributed by atoms with Gasteiger partial charge in [-0.25, -0.2) is 9.37 Å². The molecule has 0 radical (unpaired) electrons. The predicted octanol–water partition coefficient (Wildman–Crippen LogP) is 3.41. The zero-order valence-corrected chi connectivity index (χ0v) is 12.9. The number of nitrogens with one attached hydrogen (secondary N) is 1. The molecule has 0 saturated heterocycles. The van der Waals surface area contributed by atoms with E-state index in [0.29, 0.717) is 16.9 Å². The lowest BCUT2D eigenvalue weighted by molar-refractivity contribution is -0.121. The number of benzene rings is 1. The first kappa shape index (κ1) is 14.6. The number of alkyl halides is 1. The van der Waals surface area contributed by atoms with Gasteiger partial charge in [-0.1, -0.05) is 11.6 Å². The first-order valence-electron chi connectivity index (χ1n) is 6.74. The number of fused-ring (bicyclic) bond motifs is 1. The Kier molecular flexibility index (Phi) is 3.80. The number of amides is 1. The molecular weight excluding hydrogens is 316 g/mol. The number of hydrogen-bond donors (Lipinski definition) is 1. The third-order valence-electron chi connectivity index (χ3n) is 3.42. The zero-order chi connectivity index (χ0) is 15.1. The van der Waals surface area contributed by atoms with Crippen LogP contribution in [-0.4, -0.2) is 21.5 Å². The molecule has 1 aliphatic carbocycles. The second kappa shape index (κ2) is 5.46. The van der Waals surface area contributed by atoms with Crippen molar-refractivity contribution in [3.63, 3.8) is 0 Å². The van der Waals surface area contributed by atoms with Crippen LogP contribution in [0.3, 0.4) is 0 Å². The van der Waals surface area contributed by atoms with E-state index in [4.69, 9.17) is 23.2 Å². The number of carbonyl (C=O) groups excluding carboxylic acids is 1. The van der Waals surface area contributed by atoms with Gasteiger partial charge in [-0.05, 0) is 25.8 Å². The lowest BCUT2D eigenvalue weighted by atomic mass is 10.3. The van der Waals surface area contributed by atoms with Crippen molar-refractivity contribution in [2.75, 3.05) is 0 Å². The molecule has 1 unspecified atom stereocenters. The average Bonchev–Trinajstić information content (AvgIpc) is 3.14.